The van der Waals surface area contributed by atoms with Crippen molar-refractivity contribution in [3.05, 3.63) is 29.8 Å². The number of unbranched alkanes of at least 4 members (excludes halogenated alkanes) is 2. The van der Waals surface area contributed by atoms with Gasteiger partial charge in [-0.1, -0.05) is 25.0 Å². The Kier molecular flexibility index (Phi) is 8.73. The van der Waals surface area contributed by atoms with Crippen molar-refractivity contribution in [2.45, 2.75) is 76.5 Å². The van der Waals surface area contributed by atoms with E-state index in [1.165, 1.54) is 0 Å². The SMILES string of the molecule is CC(C)(O)CCCCCC(=O)N[C@H](CN1CCCC1)C(O)c1ccc(O)cc1. The molecule has 2 atom stereocenters. The molecule has 158 valence electrons. The van der Waals surface area contributed by atoms with Crippen molar-refractivity contribution in [2.75, 3.05) is 19.6 Å². The van der Waals surface area contributed by atoms with E-state index in [4.69, 9.17) is 0 Å². The lowest BCUT2D eigenvalue weighted by Crippen LogP contribution is -2.46. The quantitative estimate of drug-likeness (QED) is 0.435. The number of amides is 1. The molecule has 1 aliphatic rings. The zero-order valence-electron chi connectivity index (χ0n) is 17.2. The van der Waals surface area contributed by atoms with Gasteiger partial charge in [-0.05, 0) is 70.3 Å². The number of nitrogens with one attached hydrogen (secondary N) is 1. The van der Waals surface area contributed by atoms with E-state index in [0.29, 0.717) is 18.5 Å². The van der Waals surface area contributed by atoms with Crippen LogP contribution in [0.2, 0.25) is 0 Å². The molecule has 28 heavy (non-hydrogen) atoms. The van der Waals surface area contributed by atoms with Gasteiger partial charge in [0.15, 0.2) is 0 Å². The first-order valence-corrected chi connectivity index (χ1v) is 10.5. The van der Waals surface area contributed by atoms with Crippen LogP contribution in [-0.4, -0.2) is 57.4 Å². The molecule has 1 heterocycles. The van der Waals surface area contributed by atoms with Gasteiger partial charge in [0.05, 0.1) is 11.6 Å². The Morgan fingerprint density at radius 3 is 2.39 bits per heavy atom. The average molecular weight is 393 g/mol. The summed E-state index contributed by atoms with van der Waals surface area (Å²) in [6.45, 7) is 6.20. The first kappa shape index (κ1) is 22.7. The van der Waals surface area contributed by atoms with E-state index in [2.05, 4.69) is 10.2 Å². The first-order valence-electron chi connectivity index (χ1n) is 10.5. The number of aromatic hydroxyl groups is 1. The first-order chi connectivity index (χ1) is 13.2. The lowest BCUT2D eigenvalue weighted by atomic mass is 9.99. The predicted molar refractivity (Wildman–Crippen MR) is 110 cm³/mol. The molecule has 1 aliphatic heterocycles. The molecule has 0 spiro atoms. The van der Waals surface area contributed by atoms with Crippen molar-refractivity contribution in [3.63, 3.8) is 0 Å². The van der Waals surface area contributed by atoms with Crippen molar-refractivity contribution in [2.24, 2.45) is 0 Å². The van der Waals surface area contributed by atoms with Crippen LogP contribution in [0.3, 0.4) is 0 Å². The van der Waals surface area contributed by atoms with E-state index in [1.807, 2.05) is 0 Å². The maximum atomic E-state index is 12.4. The monoisotopic (exact) mass is 392 g/mol. The van der Waals surface area contributed by atoms with Crippen LogP contribution in [0.25, 0.3) is 0 Å². The molecule has 0 saturated carbocycles. The number of phenolic OH excluding ortho intramolecular Hbond substituents is 1. The van der Waals surface area contributed by atoms with Crippen LogP contribution in [0, 0.1) is 0 Å². The summed E-state index contributed by atoms with van der Waals surface area (Å²) in [4.78, 5) is 14.7. The smallest absolute Gasteiger partial charge is 0.220 e. The van der Waals surface area contributed by atoms with Gasteiger partial charge >= 0.3 is 0 Å². The Bertz CT molecular complexity index is 592. The summed E-state index contributed by atoms with van der Waals surface area (Å²) < 4.78 is 0. The maximum absolute atomic E-state index is 12.4. The molecule has 0 aliphatic carbocycles. The van der Waals surface area contributed by atoms with Gasteiger partial charge in [0, 0.05) is 13.0 Å². The predicted octanol–water partition coefficient (Wildman–Crippen LogP) is 2.73. The Balaban J connectivity index is 1.87. The summed E-state index contributed by atoms with van der Waals surface area (Å²) in [5.74, 6) is 0.104. The normalized spacial score (nSPS) is 17.4. The molecule has 0 bridgehead atoms. The number of phenols is 1. The van der Waals surface area contributed by atoms with Crippen molar-refractivity contribution in [3.8, 4) is 5.75 Å². The van der Waals surface area contributed by atoms with Crippen LogP contribution in [0.1, 0.15) is 70.5 Å². The Labute approximate surface area is 168 Å². The number of benzene rings is 1. The van der Waals surface area contributed by atoms with Gasteiger partial charge in [-0.25, -0.2) is 0 Å². The number of aliphatic hydroxyl groups excluding tert-OH is 1. The lowest BCUT2D eigenvalue weighted by Gasteiger charge is -2.29. The van der Waals surface area contributed by atoms with Gasteiger partial charge in [-0.2, -0.15) is 0 Å². The van der Waals surface area contributed by atoms with Crippen molar-refractivity contribution in [1.82, 2.24) is 10.2 Å². The van der Waals surface area contributed by atoms with Crippen molar-refractivity contribution < 1.29 is 20.1 Å². The summed E-state index contributed by atoms with van der Waals surface area (Å²) in [6.07, 6.45) is 5.19. The number of likely N-dealkylation sites (tertiary alicyclic amines) is 1. The largest absolute Gasteiger partial charge is 0.508 e. The number of rotatable bonds is 11. The molecular weight excluding hydrogens is 356 g/mol. The molecule has 6 heteroatoms. The molecule has 1 aromatic carbocycles. The molecule has 1 fully saturated rings. The average Bonchev–Trinajstić information content (AvgIpc) is 3.13. The van der Waals surface area contributed by atoms with Crippen molar-refractivity contribution >= 4 is 5.91 Å². The minimum atomic E-state index is -0.819. The summed E-state index contributed by atoms with van der Waals surface area (Å²) in [6, 6.07) is 6.11. The highest BCUT2D eigenvalue weighted by molar-refractivity contribution is 5.76. The minimum absolute atomic E-state index is 0.0507. The molecule has 6 nitrogen and oxygen atoms in total. The highest BCUT2D eigenvalue weighted by Gasteiger charge is 2.26. The molecule has 4 N–H and O–H groups in total. The zero-order chi connectivity index (χ0) is 20.6. The number of nitrogens with zero attached hydrogens (tertiary/aromatic N) is 1. The summed E-state index contributed by atoms with van der Waals surface area (Å²) in [7, 11) is 0. The molecule has 1 aromatic rings. The Morgan fingerprint density at radius 1 is 1.14 bits per heavy atom. The van der Waals surface area contributed by atoms with E-state index in [1.54, 1.807) is 38.1 Å². The molecule has 0 radical (unpaired) electrons. The van der Waals surface area contributed by atoms with E-state index in [-0.39, 0.29) is 17.7 Å². The third-order valence-electron chi connectivity index (χ3n) is 5.31. The fourth-order valence-corrected chi connectivity index (χ4v) is 3.67. The minimum Gasteiger partial charge on any atom is -0.508 e. The Hall–Kier alpha value is -1.63. The topological polar surface area (TPSA) is 93.0 Å². The number of hydrogen-bond donors (Lipinski definition) is 4. The van der Waals surface area contributed by atoms with Crippen LogP contribution in [0.5, 0.6) is 5.75 Å². The van der Waals surface area contributed by atoms with Crippen LogP contribution in [0.4, 0.5) is 0 Å². The summed E-state index contributed by atoms with van der Waals surface area (Å²) >= 11 is 0. The maximum Gasteiger partial charge on any atom is 0.220 e. The van der Waals surface area contributed by atoms with Gasteiger partial charge in [0.2, 0.25) is 5.91 Å². The standard InChI is InChI=1S/C22H36N2O4/c1-22(2,28)13-5-3-4-8-20(26)23-19(16-24-14-6-7-15-24)21(27)17-9-11-18(25)12-10-17/h9-12,19,21,25,27-28H,3-8,13-16H2,1-2H3,(H,23,26)/t19-,21?/m1/s1. The van der Waals surface area contributed by atoms with Gasteiger partial charge in [-0.15, -0.1) is 0 Å². The molecule has 1 saturated heterocycles. The number of carbonyl (C=O) groups excluding carboxylic acids is 1. The molecular formula is C22H36N2O4. The van der Waals surface area contributed by atoms with E-state index in [0.717, 1.165) is 51.6 Å². The van der Waals surface area contributed by atoms with E-state index < -0.39 is 11.7 Å². The third kappa shape index (κ3) is 8.17. The van der Waals surface area contributed by atoms with Gasteiger partial charge in [-0.3, -0.25) is 4.79 Å². The van der Waals surface area contributed by atoms with Crippen LogP contribution < -0.4 is 5.32 Å². The van der Waals surface area contributed by atoms with Gasteiger partial charge in [0.1, 0.15) is 11.9 Å². The van der Waals surface area contributed by atoms with Crippen molar-refractivity contribution in [1.29, 1.82) is 0 Å². The van der Waals surface area contributed by atoms with E-state index in [9.17, 15) is 20.1 Å². The van der Waals surface area contributed by atoms with Gasteiger partial charge in [0.25, 0.3) is 0 Å². The summed E-state index contributed by atoms with van der Waals surface area (Å²) in [5.41, 5.74) is 0.0320. The van der Waals surface area contributed by atoms with E-state index >= 15 is 0 Å². The number of hydrogen-bond acceptors (Lipinski definition) is 5. The number of carbonyl (C=O) groups is 1. The zero-order valence-corrected chi connectivity index (χ0v) is 17.2. The molecule has 2 rings (SSSR count). The second-order valence-electron chi connectivity index (χ2n) is 8.59. The lowest BCUT2D eigenvalue weighted by molar-refractivity contribution is -0.123. The Morgan fingerprint density at radius 2 is 1.79 bits per heavy atom. The van der Waals surface area contributed by atoms with Crippen LogP contribution >= 0.6 is 0 Å². The third-order valence-corrected chi connectivity index (χ3v) is 5.31. The van der Waals surface area contributed by atoms with Crippen LogP contribution in [0.15, 0.2) is 24.3 Å². The second kappa shape index (κ2) is 10.8. The fraction of sp³-hybridized carbons (Fsp3) is 0.682. The molecule has 1 amide bonds. The molecule has 0 aromatic heterocycles. The summed E-state index contributed by atoms with van der Waals surface area (Å²) in [5, 5.41) is 33.1. The highest BCUT2D eigenvalue weighted by Crippen LogP contribution is 2.22. The van der Waals surface area contributed by atoms with Crippen LogP contribution in [-0.2, 0) is 4.79 Å². The van der Waals surface area contributed by atoms with Gasteiger partial charge < -0.3 is 25.5 Å². The fourth-order valence-electron chi connectivity index (χ4n) is 3.67. The molecule has 1 unspecified atom stereocenters. The second-order valence-corrected chi connectivity index (χ2v) is 8.59. The number of aliphatic hydroxyl groups is 2. The highest BCUT2D eigenvalue weighted by atomic mass is 16.3.